The molecule has 1 atom stereocenters. The fraction of sp³-hybridized carbons (Fsp3) is 0.562. The van der Waals surface area contributed by atoms with E-state index in [1.807, 2.05) is 4.90 Å². The maximum Gasteiger partial charge on any atom is 0.573 e. The van der Waals surface area contributed by atoms with Crippen LogP contribution in [0.2, 0.25) is 0 Å². The lowest BCUT2D eigenvalue weighted by Crippen LogP contribution is -2.43. The first-order valence-electron chi connectivity index (χ1n) is 7.81. The maximum atomic E-state index is 12.4. The standard InChI is InChI=1S/C16H21F3N2O3/c17-16(18,19)24-14-6-2-1-5-13(14)8-20-15(23)10-21-7-3-4-12(9-21)11-22/h1-2,5-6,12,22H,3-4,7-11H2,(H,20,23)/t12-/m0/s1. The zero-order valence-corrected chi connectivity index (χ0v) is 13.2. The van der Waals surface area contributed by atoms with Gasteiger partial charge in [0.1, 0.15) is 5.75 Å². The number of benzene rings is 1. The first-order chi connectivity index (χ1) is 11.4. The number of ether oxygens (including phenoxy) is 1. The summed E-state index contributed by atoms with van der Waals surface area (Å²) in [4.78, 5) is 13.9. The smallest absolute Gasteiger partial charge is 0.405 e. The number of para-hydroxylation sites is 1. The van der Waals surface area contributed by atoms with Crippen LogP contribution in [0.4, 0.5) is 13.2 Å². The van der Waals surface area contributed by atoms with Crippen molar-refractivity contribution in [3.63, 3.8) is 0 Å². The monoisotopic (exact) mass is 346 g/mol. The van der Waals surface area contributed by atoms with E-state index < -0.39 is 6.36 Å². The highest BCUT2D eigenvalue weighted by Crippen LogP contribution is 2.26. The van der Waals surface area contributed by atoms with E-state index in [-0.39, 0.29) is 42.8 Å². The second-order valence-corrected chi connectivity index (χ2v) is 5.86. The predicted octanol–water partition coefficient (Wildman–Crippen LogP) is 1.91. The summed E-state index contributed by atoms with van der Waals surface area (Å²) in [7, 11) is 0. The largest absolute Gasteiger partial charge is 0.573 e. The van der Waals surface area contributed by atoms with Crippen molar-refractivity contribution in [2.75, 3.05) is 26.2 Å². The summed E-state index contributed by atoms with van der Waals surface area (Å²) in [5, 5.41) is 11.8. The highest BCUT2D eigenvalue weighted by molar-refractivity contribution is 5.78. The Kier molecular flexibility index (Phi) is 6.44. The number of hydrogen-bond acceptors (Lipinski definition) is 4. The van der Waals surface area contributed by atoms with Crippen LogP contribution in [-0.2, 0) is 11.3 Å². The predicted molar refractivity (Wildman–Crippen MR) is 81.2 cm³/mol. The number of aliphatic hydroxyl groups excluding tert-OH is 1. The molecule has 0 saturated carbocycles. The molecule has 8 heteroatoms. The minimum Gasteiger partial charge on any atom is -0.405 e. The molecule has 0 radical (unpaired) electrons. The molecule has 2 rings (SSSR count). The second kappa shape index (κ2) is 8.34. The molecule has 0 unspecified atom stereocenters. The van der Waals surface area contributed by atoms with Crippen molar-refractivity contribution in [1.29, 1.82) is 0 Å². The van der Waals surface area contributed by atoms with Crippen LogP contribution in [0.3, 0.4) is 0 Å². The fourth-order valence-corrected chi connectivity index (χ4v) is 2.77. The number of hydrogen-bond donors (Lipinski definition) is 2. The molecular formula is C16H21F3N2O3. The first-order valence-corrected chi connectivity index (χ1v) is 7.81. The molecule has 1 aromatic rings. The Morgan fingerprint density at radius 1 is 1.38 bits per heavy atom. The SMILES string of the molecule is O=C(CN1CCC[C@H](CO)C1)NCc1ccccc1OC(F)(F)F. The van der Waals surface area contributed by atoms with Crippen LogP contribution in [0.15, 0.2) is 24.3 Å². The van der Waals surface area contributed by atoms with Crippen molar-refractivity contribution < 1.29 is 27.8 Å². The van der Waals surface area contributed by atoms with Gasteiger partial charge >= 0.3 is 6.36 Å². The number of nitrogens with one attached hydrogen (secondary N) is 1. The highest BCUT2D eigenvalue weighted by atomic mass is 19.4. The Labute approximate surface area is 138 Å². The molecular weight excluding hydrogens is 325 g/mol. The van der Waals surface area contributed by atoms with Gasteiger partial charge in [-0.15, -0.1) is 13.2 Å². The van der Waals surface area contributed by atoms with E-state index in [2.05, 4.69) is 10.1 Å². The average Bonchev–Trinajstić information content (AvgIpc) is 2.53. The number of carbonyl (C=O) groups excluding carboxylic acids is 1. The van der Waals surface area contributed by atoms with Gasteiger partial charge in [0.2, 0.25) is 5.91 Å². The minimum atomic E-state index is -4.77. The Morgan fingerprint density at radius 2 is 2.12 bits per heavy atom. The second-order valence-electron chi connectivity index (χ2n) is 5.86. The summed E-state index contributed by atoms with van der Waals surface area (Å²) < 4.78 is 41.0. The number of rotatable bonds is 6. The molecule has 0 aromatic heterocycles. The van der Waals surface area contributed by atoms with Gasteiger partial charge in [0.15, 0.2) is 0 Å². The summed E-state index contributed by atoms with van der Waals surface area (Å²) in [6, 6.07) is 5.71. The van der Waals surface area contributed by atoms with E-state index >= 15 is 0 Å². The number of nitrogens with zero attached hydrogens (tertiary/aromatic N) is 1. The van der Waals surface area contributed by atoms with Crippen LogP contribution >= 0.6 is 0 Å². The quantitative estimate of drug-likeness (QED) is 0.826. The third-order valence-electron chi connectivity index (χ3n) is 3.90. The van der Waals surface area contributed by atoms with E-state index in [0.29, 0.717) is 6.54 Å². The number of halogens is 3. The number of aliphatic hydroxyl groups is 1. The third-order valence-corrected chi connectivity index (χ3v) is 3.90. The van der Waals surface area contributed by atoms with E-state index in [1.54, 1.807) is 6.07 Å². The van der Waals surface area contributed by atoms with Crippen LogP contribution in [0.25, 0.3) is 0 Å². The lowest BCUT2D eigenvalue weighted by molar-refractivity contribution is -0.274. The molecule has 2 N–H and O–H groups in total. The van der Waals surface area contributed by atoms with Crippen LogP contribution in [0.1, 0.15) is 18.4 Å². The van der Waals surface area contributed by atoms with Gasteiger partial charge in [0.25, 0.3) is 0 Å². The first kappa shape index (κ1) is 18.5. The lowest BCUT2D eigenvalue weighted by Gasteiger charge is -2.31. The summed E-state index contributed by atoms with van der Waals surface area (Å²) in [5.74, 6) is -0.411. The molecule has 134 valence electrons. The molecule has 1 saturated heterocycles. The van der Waals surface area contributed by atoms with Gasteiger partial charge in [-0.3, -0.25) is 9.69 Å². The molecule has 1 heterocycles. The highest BCUT2D eigenvalue weighted by Gasteiger charge is 2.32. The van der Waals surface area contributed by atoms with Gasteiger partial charge < -0.3 is 15.2 Å². The van der Waals surface area contributed by atoms with Crippen LogP contribution in [0.5, 0.6) is 5.75 Å². The average molecular weight is 346 g/mol. The van der Waals surface area contributed by atoms with Crippen molar-refractivity contribution in [3.8, 4) is 5.75 Å². The number of carbonyl (C=O) groups is 1. The van der Waals surface area contributed by atoms with Gasteiger partial charge in [-0.05, 0) is 31.4 Å². The van der Waals surface area contributed by atoms with Crippen molar-refractivity contribution in [3.05, 3.63) is 29.8 Å². The van der Waals surface area contributed by atoms with Crippen molar-refractivity contribution in [2.45, 2.75) is 25.7 Å². The molecule has 5 nitrogen and oxygen atoms in total. The normalized spacial score (nSPS) is 19.1. The van der Waals surface area contributed by atoms with Gasteiger partial charge in [-0.2, -0.15) is 0 Å². The van der Waals surface area contributed by atoms with E-state index in [9.17, 15) is 23.1 Å². The van der Waals surface area contributed by atoms with Crippen molar-refractivity contribution in [1.82, 2.24) is 10.2 Å². The topological polar surface area (TPSA) is 61.8 Å². The molecule has 1 aliphatic heterocycles. The van der Waals surface area contributed by atoms with E-state index in [4.69, 9.17) is 0 Å². The number of amides is 1. The Balaban J connectivity index is 1.85. The maximum absolute atomic E-state index is 12.4. The van der Waals surface area contributed by atoms with Crippen LogP contribution in [-0.4, -0.2) is 48.5 Å². The minimum absolute atomic E-state index is 0.0393. The molecule has 1 aromatic carbocycles. The van der Waals surface area contributed by atoms with Crippen molar-refractivity contribution in [2.24, 2.45) is 5.92 Å². The Morgan fingerprint density at radius 3 is 2.83 bits per heavy atom. The third kappa shape index (κ3) is 6.01. The summed E-state index contributed by atoms with van der Waals surface area (Å²) in [5.41, 5.74) is 0.259. The molecule has 1 fully saturated rings. The van der Waals surface area contributed by atoms with Crippen LogP contribution in [0, 0.1) is 5.92 Å². The number of likely N-dealkylation sites (tertiary alicyclic amines) is 1. The Hall–Kier alpha value is -1.80. The van der Waals surface area contributed by atoms with E-state index in [0.717, 1.165) is 19.4 Å². The van der Waals surface area contributed by atoms with E-state index in [1.165, 1.54) is 18.2 Å². The molecule has 24 heavy (non-hydrogen) atoms. The van der Waals surface area contributed by atoms with Gasteiger partial charge in [0, 0.05) is 25.3 Å². The number of alkyl halides is 3. The van der Waals surface area contributed by atoms with Gasteiger partial charge in [-0.25, -0.2) is 0 Å². The fourth-order valence-electron chi connectivity index (χ4n) is 2.77. The molecule has 1 amide bonds. The summed E-state index contributed by atoms with van der Waals surface area (Å²) in [6.45, 7) is 1.65. The summed E-state index contributed by atoms with van der Waals surface area (Å²) >= 11 is 0. The number of piperidine rings is 1. The van der Waals surface area contributed by atoms with Gasteiger partial charge in [-0.1, -0.05) is 18.2 Å². The molecule has 1 aliphatic rings. The zero-order chi connectivity index (χ0) is 17.6. The molecule has 0 bridgehead atoms. The lowest BCUT2D eigenvalue weighted by atomic mass is 9.99. The van der Waals surface area contributed by atoms with Crippen molar-refractivity contribution >= 4 is 5.91 Å². The Bertz CT molecular complexity index is 552. The molecule has 0 spiro atoms. The zero-order valence-electron chi connectivity index (χ0n) is 13.2. The van der Waals surface area contributed by atoms with Gasteiger partial charge in [0.05, 0.1) is 6.54 Å². The molecule has 0 aliphatic carbocycles. The van der Waals surface area contributed by atoms with Crippen LogP contribution < -0.4 is 10.1 Å². The summed E-state index contributed by atoms with van der Waals surface area (Å²) in [6.07, 6.45) is -2.91.